The average Bonchev–Trinajstić information content (AvgIpc) is 2.67. The van der Waals surface area contributed by atoms with E-state index >= 15 is 0 Å². The van der Waals surface area contributed by atoms with Crippen LogP contribution in [-0.2, 0) is 4.79 Å². The number of nitrogens with one attached hydrogen (secondary N) is 2. The summed E-state index contributed by atoms with van der Waals surface area (Å²) in [7, 11) is 0. The molecule has 2 N–H and O–H groups in total. The highest BCUT2D eigenvalue weighted by Gasteiger charge is 2.36. The van der Waals surface area contributed by atoms with E-state index < -0.39 is 0 Å². The number of hydrogen-bond donors (Lipinski definition) is 2. The Morgan fingerprint density at radius 2 is 2.00 bits per heavy atom. The summed E-state index contributed by atoms with van der Waals surface area (Å²) >= 11 is 0. The molecule has 0 spiro atoms. The van der Waals surface area contributed by atoms with Gasteiger partial charge >= 0.3 is 6.03 Å². The highest BCUT2D eigenvalue weighted by molar-refractivity contribution is 5.89. The van der Waals surface area contributed by atoms with Crippen LogP contribution < -0.4 is 10.6 Å². The minimum Gasteiger partial charge on any atom is -0.336 e. The summed E-state index contributed by atoms with van der Waals surface area (Å²) in [4.78, 5) is 30.1. The number of carbonyl (C=O) groups excluding carboxylic acids is 2. The van der Waals surface area contributed by atoms with E-state index in [1.54, 1.807) is 4.90 Å². The molecule has 0 radical (unpaired) electrons. The fourth-order valence-corrected chi connectivity index (χ4v) is 2.70. The van der Waals surface area contributed by atoms with E-state index in [9.17, 15) is 9.59 Å². The molecule has 3 amide bonds. The predicted molar refractivity (Wildman–Crippen MR) is 85.7 cm³/mol. The van der Waals surface area contributed by atoms with Crippen LogP contribution in [0.2, 0.25) is 0 Å². The molecule has 2 rings (SSSR count). The molecule has 6 heteroatoms. The molecule has 6 nitrogen and oxygen atoms in total. The summed E-state index contributed by atoms with van der Waals surface area (Å²) in [5.41, 5.74) is 1.67. The maximum absolute atomic E-state index is 12.1. The zero-order valence-corrected chi connectivity index (χ0v) is 13.9. The summed E-state index contributed by atoms with van der Waals surface area (Å²) in [6, 6.07) is 3.26. The highest BCUT2D eigenvalue weighted by atomic mass is 16.2. The Labute approximate surface area is 131 Å². The molecule has 0 aromatic carbocycles. The first-order valence-electron chi connectivity index (χ1n) is 7.48. The molecule has 1 aromatic heterocycles. The first-order valence-corrected chi connectivity index (χ1v) is 7.48. The molecular formula is C16H24N4O2. The fraction of sp³-hybridized carbons (Fsp3) is 0.562. The van der Waals surface area contributed by atoms with Gasteiger partial charge in [-0.15, -0.1) is 0 Å². The Morgan fingerprint density at radius 3 is 2.55 bits per heavy atom. The second kappa shape index (κ2) is 5.94. The topological polar surface area (TPSA) is 74.3 Å². The molecule has 120 valence electrons. The molecule has 0 bridgehead atoms. The highest BCUT2D eigenvalue weighted by Crippen LogP contribution is 2.21. The minimum atomic E-state index is -0.328. The quantitative estimate of drug-likeness (QED) is 0.880. The van der Waals surface area contributed by atoms with E-state index in [4.69, 9.17) is 0 Å². The maximum Gasteiger partial charge on any atom is 0.320 e. The first kappa shape index (κ1) is 16.3. The van der Waals surface area contributed by atoms with Gasteiger partial charge in [-0.25, -0.2) is 9.78 Å². The average molecular weight is 304 g/mol. The van der Waals surface area contributed by atoms with Gasteiger partial charge in [0.2, 0.25) is 5.91 Å². The lowest BCUT2D eigenvalue weighted by atomic mass is 10.1. The van der Waals surface area contributed by atoms with Crippen LogP contribution in [0.1, 0.15) is 38.4 Å². The van der Waals surface area contributed by atoms with Gasteiger partial charge in [0.05, 0.1) is 6.04 Å². The molecule has 2 heterocycles. The largest absolute Gasteiger partial charge is 0.336 e. The lowest BCUT2D eigenvalue weighted by Crippen LogP contribution is -2.45. The monoisotopic (exact) mass is 304 g/mol. The third kappa shape index (κ3) is 3.96. The van der Waals surface area contributed by atoms with Crippen LogP contribution in [-0.4, -0.2) is 39.9 Å². The van der Waals surface area contributed by atoms with Crippen LogP contribution >= 0.6 is 0 Å². The van der Waals surface area contributed by atoms with E-state index in [0.29, 0.717) is 18.8 Å². The molecule has 1 aliphatic heterocycles. The van der Waals surface area contributed by atoms with Gasteiger partial charge in [0.1, 0.15) is 5.82 Å². The van der Waals surface area contributed by atoms with Crippen molar-refractivity contribution in [1.29, 1.82) is 0 Å². The number of aromatic nitrogens is 1. The number of aryl methyl sites for hydroxylation is 2. The summed E-state index contributed by atoms with van der Waals surface area (Å²) in [6.07, 6.45) is 0.338. The summed E-state index contributed by atoms with van der Waals surface area (Å²) in [5.74, 6) is 0.592. The first-order chi connectivity index (χ1) is 10.1. The number of rotatable bonds is 2. The van der Waals surface area contributed by atoms with Crippen molar-refractivity contribution in [3.05, 3.63) is 23.4 Å². The number of nitrogens with zero attached hydrogens (tertiary/aromatic N) is 2. The van der Waals surface area contributed by atoms with Gasteiger partial charge in [-0.05, 0) is 52.3 Å². The Hall–Kier alpha value is -2.11. The SMILES string of the molecule is Cc1cc(C)nc(NC(=O)NC2CC(=O)N(C(C)(C)C)C2)c1. The fourth-order valence-electron chi connectivity index (χ4n) is 2.70. The number of urea groups is 1. The van der Waals surface area contributed by atoms with Gasteiger partial charge in [-0.2, -0.15) is 0 Å². The van der Waals surface area contributed by atoms with Crippen molar-refractivity contribution < 1.29 is 9.59 Å². The zero-order valence-electron chi connectivity index (χ0n) is 13.9. The molecule has 1 fully saturated rings. The van der Waals surface area contributed by atoms with Crippen molar-refractivity contribution in [2.45, 2.75) is 52.6 Å². The van der Waals surface area contributed by atoms with Gasteiger partial charge in [-0.1, -0.05) is 0 Å². The summed E-state index contributed by atoms with van der Waals surface area (Å²) in [5, 5.41) is 5.57. The van der Waals surface area contributed by atoms with Crippen molar-refractivity contribution in [1.82, 2.24) is 15.2 Å². The number of hydrogen-bond acceptors (Lipinski definition) is 3. The Bertz CT molecular complexity index is 572. The number of carbonyl (C=O) groups is 2. The van der Waals surface area contributed by atoms with E-state index in [1.165, 1.54) is 0 Å². The molecule has 0 aliphatic carbocycles. The van der Waals surface area contributed by atoms with Gasteiger partial charge in [0.15, 0.2) is 0 Å². The van der Waals surface area contributed by atoms with Crippen molar-refractivity contribution in [3.63, 3.8) is 0 Å². The summed E-state index contributed by atoms with van der Waals surface area (Å²) in [6.45, 7) is 10.4. The van der Waals surface area contributed by atoms with Crippen molar-refractivity contribution in [2.24, 2.45) is 0 Å². The number of likely N-dealkylation sites (tertiary alicyclic amines) is 1. The Balaban J connectivity index is 1.94. The lowest BCUT2D eigenvalue weighted by Gasteiger charge is -2.32. The number of amides is 3. The van der Waals surface area contributed by atoms with Crippen LogP contribution in [0.5, 0.6) is 0 Å². The van der Waals surface area contributed by atoms with Gasteiger partial charge in [-0.3, -0.25) is 10.1 Å². The van der Waals surface area contributed by atoms with Crippen LogP contribution in [0.4, 0.5) is 10.6 Å². The van der Waals surface area contributed by atoms with Crippen molar-refractivity contribution >= 4 is 17.8 Å². The smallest absolute Gasteiger partial charge is 0.320 e. The van der Waals surface area contributed by atoms with E-state index in [0.717, 1.165) is 11.3 Å². The van der Waals surface area contributed by atoms with E-state index in [-0.39, 0.29) is 23.5 Å². The normalized spacial score (nSPS) is 18.5. The van der Waals surface area contributed by atoms with Crippen LogP contribution in [0.15, 0.2) is 12.1 Å². The van der Waals surface area contributed by atoms with Crippen LogP contribution in [0, 0.1) is 13.8 Å². The zero-order chi connectivity index (χ0) is 16.5. The minimum absolute atomic E-state index is 0.0716. The molecule has 0 saturated carbocycles. The summed E-state index contributed by atoms with van der Waals surface area (Å²) < 4.78 is 0. The van der Waals surface area contributed by atoms with Crippen LogP contribution in [0.3, 0.4) is 0 Å². The maximum atomic E-state index is 12.1. The van der Waals surface area contributed by atoms with Crippen molar-refractivity contribution in [2.75, 3.05) is 11.9 Å². The van der Waals surface area contributed by atoms with Crippen molar-refractivity contribution in [3.8, 4) is 0 Å². The van der Waals surface area contributed by atoms with Crippen LogP contribution in [0.25, 0.3) is 0 Å². The van der Waals surface area contributed by atoms with E-state index in [2.05, 4.69) is 15.6 Å². The molecule has 1 aromatic rings. The van der Waals surface area contributed by atoms with E-state index in [1.807, 2.05) is 46.8 Å². The standard InChI is InChI=1S/C16H24N4O2/c1-10-6-11(2)17-13(7-10)19-15(22)18-12-8-14(21)20(9-12)16(3,4)5/h6-7,12H,8-9H2,1-5H3,(H2,17,18,19,22). The Kier molecular flexibility index (Phi) is 4.39. The lowest BCUT2D eigenvalue weighted by molar-refractivity contribution is -0.131. The third-order valence-corrected chi connectivity index (χ3v) is 3.61. The molecular weight excluding hydrogens is 280 g/mol. The predicted octanol–water partition coefficient (Wildman–Crippen LogP) is 2.22. The second-order valence-corrected chi connectivity index (χ2v) is 6.85. The van der Waals surface area contributed by atoms with Gasteiger partial charge in [0, 0.05) is 24.2 Å². The number of anilines is 1. The third-order valence-electron chi connectivity index (χ3n) is 3.61. The molecule has 1 atom stereocenters. The van der Waals surface area contributed by atoms with Gasteiger partial charge < -0.3 is 10.2 Å². The Morgan fingerprint density at radius 1 is 1.32 bits per heavy atom. The molecule has 22 heavy (non-hydrogen) atoms. The molecule has 1 saturated heterocycles. The number of pyridine rings is 1. The second-order valence-electron chi connectivity index (χ2n) is 6.85. The van der Waals surface area contributed by atoms with Gasteiger partial charge in [0.25, 0.3) is 0 Å². The molecule has 1 unspecified atom stereocenters. The molecule has 1 aliphatic rings.